The number of hydrogen-bond donors (Lipinski definition) is 2. The van der Waals surface area contributed by atoms with Gasteiger partial charge >= 0.3 is 0 Å². The van der Waals surface area contributed by atoms with Crippen molar-refractivity contribution in [2.24, 2.45) is 5.92 Å². The zero-order valence-corrected chi connectivity index (χ0v) is 7.75. The Morgan fingerprint density at radius 3 is 2.83 bits per heavy atom. The van der Waals surface area contributed by atoms with Crippen molar-refractivity contribution in [3.05, 3.63) is 0 Å². The predicted molar refractivity (Wildman–Crippen MR) is 48.1 cm³/mol. The Morgan fingerprint density at radius 1 is 1.58 bits per heavy atom. The van der Waals surface area contributed by atoms with Crippen LogP contribution in [0, 0.1) is 5.92 Å². The molecule has 0 aromatic heterocycles. The van der Waals surface area contributed by atoms with Gasteiger partial charge < -0.3 is 15.2 Å². The van der Waals surface area contributed by atoms with Crippen LogP contribution in [0.25, 0.3) is 0 Å². The normalized spacial score (nSPS) is 19.5. The molecule has 0 aliphatic heterocycles. The molecular weight excluding hydrogens is 154 g/mol. The number of aliphatic hydroxyl groups is 1. The van der Waals surface area contributed by atoms with E-state index in [0.717, 1.165) is 25.6 Å². The highest BCUT2D eigenvalue weighted by atomic mass is 16.5. The van der Waals surface area contributed by atoms with Crippen LogP contribution >= 0.6 is 0 Å². The second-order valence-corrected chi connectivity index (χ2v) is 3.51. The van der Waals surface area contributed by atoms with Crippen LogP contribution in [-0.2, 0) is 4.74 Å². The third kappa shape index (κ3) is 4.04. The fraction of sp³-hybridized carbons (Fsp3) is 1.00. The van der Waals surface area contributed by atoms with Crippen molar-refractivity contribution in [2.75, 3.05) is 26.9 Å². The van der Waals surface area contributed by atoms with Crippen LogP contribution in [0.1, 0.15) is 19.3 Å². The minimum atomic E-state index is 0.267. The second-order valence-electron chi connectivity index (χ2n) is 3.51. The standard InChI is InChI=1S/C9H19NO2/c1-12-5-4-8(7-11)6-10-9-2-3-9/h8-11H,2-7H2,1H3. The van der Waals surface area contributed by atoms with E-state index in [-0.39, 0.29) is 6.61 Å². The molecule has 1 atom stereocenters. The first-order chi connectivity index (χ1) is 5.86. The molecule has 2 N–H and O–H groups in total. The van der Waals surface area contributed by atoms with Gasteiger partial charge in [-0.15, -0.1) is 0 Å². The van der Waals surface area contributed by atoms with Crippen molar-refractivity contribution in [2.45, 2.75) is 25.3 Å². The molecule has 1 aliphatic carbocycles. The lowest BCUT2D eigenvalue weighted by molar-refractivity contribution is 0.146. The van der Waals surface area contributed by atoms with E-state index in [1.54, 1.807) is 7.11 Å². The monoisotopic (exact) mass is 173 g/mol. The molecule has 3 nitrogen and oxygen atoms in total. The van der Waals surface area contributed by atoms with Gasteiger partial charge in [0.15, 0.2) is 0 Å². The molecule has 1 rings (SSSR count). The minimum Gasteiger partial charge on any atom is -0.396 e. The number of aliphatic hydroxyl groups excluding tert-OH is 1. The molecule has 1 fully saturated rings. The number of rotatable bonds is 7. The first-order valence-corrected chi connectivity index (χ1v) is 4.70. The zero-order chi connectivity index (χ0) is 8.81. The van der Waals surface area contributed by atoms with E-state index in [4.69, 9.17) is 9.84 Å². The molecule has 12 heavy (non-hydrogen) atoms. The summed E-state index contributed by atoms with van der Waals surface area (Å²) in [4.78, 5) is 0. The summed E-state index contributed by atoms with van der Waals surface area (Å²) in [6.07, 6.45) is 3.57. The molecule has 0 saturated heterocycles. The smallest absolute Gasteiger partial charge is 0.0472 e. The third-order valence-electron chi connectivity index (χ3n) is 2.26. The Balaban J connectivity index is 1.98. The maximum atomic E-state index is 8.99. The first kappa shape index (κ1) is 9.96. The molecule has 72 valence electrons. The fourth-order valence-corrected chi connectivity index (χ4v) is 1.16. The Bertz CT molecular complexity index is 115. The highest BCUT2D eigenvalue weighted by Gasteiger charge is 2.21. The van der Waals surface area contributed by atoms with E-state index < -0.39 is 0 Å². The molecule has 0 heterocycles. The SMILES string of the molecule is COCCC(CO)CNC1CC1. The average Bonchev–Trinajstić information content (AvgIpc) is 2.89. The van der Waals surface area contributed by atoms with Gasteiger partial charge in [-0.1, -0.05) is 0 Å². The molecule has 0 radical (unpaired) electrons. The molecule has 0 amide bonds. The van der Waals surface area contributed by atoms with Crippen LogP contribution in [-0.4, -0.2) is 38.0 Å². The third-order valence-corrected chi connectivity index (χ3v) is 2.26. The van der Waals surface area contributed by atoms with Gasteiger partial charge in [0.25, 0.3) is 0 Å². The van der Waals surface area contributed by atoms with Gasteiger partial charge in [-0.25, -0.2) is 0 Å². The largest absolute Gasteiger partial charge is 0.396 e. The molecule has 1 unspecified atom stereocenters. The summed E-state index contributed by atoms with van der Waals surface area (Å²) in [5.41, 5.74) is 0. The lowest BCUT2D eigenvalue weighted by Crippen LogP contribution is -2.27. The van der Waals surface area contributed by atoms with Crippen molar-refractivity contribution < 1.29 is 9.84 Å². The van der Waals surface area contributed by atoms with Gasteiger partial charge in [0.1, 0.15) is 0 Å². The van der Waals surface area contributed by atoms with Gasteiger partial charge in [-0.2, -0.15) is 0 Å². The van der Waals surface area contributed by atoms with Gasteiger partial charge in [-0.05, 0) is 25.2 Å². The lowest BCUT2D eigenvalue weighted by Gasteiger charge is -2.13. The first-order valence-electron chi connectivity index (χ1n) is 4.70. The zero-order valence-electron chi connectivity index (χ0n) is 7.75. The predicted octanol–water partition coefficient (Wildman–Crippen LogP) is 0.383. The van der Waals surface area contributed by atoms with Crippen LogP contribution in [0.15, 0.2) is 0 Å². The average molecular weight is 173 g/mol. The van der Waals surface area contributed by atoms with Gasteiger partial charge in [0.2, 0.25) is 0 Å². The number of nitrogens with one attached hydrogen (secondary N) is 1. The van der Waals surface area contributed by atoms with Gasteiger partial charge in [0.05, 0.1) is 0 Å². The number of hydrogen-bond acceptors (Lipinski definition) is 3. The lowest BCUT2D eigenvalue weighted by atomic mass is 10.1. The van der Waals surface area contributed by atoms with Crippen molar-refractivity contribution in [3.8, 4) is 0 Å². The maximum absolute atomic E-state index is 8.99. The Hall–Kier alpha value is -0.120. The van der Waals surface area contributed by atoms with Crippen LogP contribution in [0.3, 0.4) is 0 Å². The van der Waals surface area contributed by atoms with Gasteiger partial charge in [-0.3, -0.25) is 0 Å². The van der Waals surface area contributed by atoms with Crippen LogP contribution in [0.4, 0.5) is 0 Å². The summed E-state index contributed by atoms with van der Waals surface area (Å²) in [7, 11) is 1.70. The van der Waals surface area contributed by atoms with Crippen LogP contribution < -0.4 is 5.32 Å². The summed E-state index contributed by atoms with van der Waals surface area (Å²) in [6, 6.07) is 0.738. The van der Waals surface area contributed by atoms with E-state index in [1.807, 2.05) is 0 Å². The minimum absolute atomic E-state index is 0.267. The molecule has 3 heteroatoms. The topological polar surface area (TPSA) is 41.5 Å². The van der Waals surface area contributed by atoms with E-state index in [2.05, 4.69) is 5.32 Å². The molecule has 0 aromatic carbocycles. The van der Waals surface area contributed by atoms with Crippen LogP contribution in [0.2, 0.25) is 0 Å². The Morgan fingerprint density at radius 2 is 2.33 bits per heavy atom. The number of ether oxygens (including phenoxy) is 1. The van der Waals surface area contributed by atoms with E-state index >= 15 is 0 Å². The highest BCUT2D eigenvalue weighted by Crippen LogP contribution is 2.19. The van der Waals surface area contributed by atoms with E-state index in [9.17, 15) is 0 Å². The van der Waals surface area contributed by atoms with Crippen molar-refractivity contribution in [1.82, 2.24) is 5.32 Å². The summed E-state index contributed by atoms with van der Waals surface area (Å²) >= 11 is 0. The van der Waals surface area contributed by atoms with Crippen LogP contribution in [0.5, 0.6) is 0 Å². The summed E-state index contributed by atoms with van der Waals surface area (Å²) in [5, 5.41) is 12.4. The molecule has 1 saturated carbocycles. The number of methoxy groups -OCH3 is 1. The highest BCUT2D eigenvalue weighted by molar-refractivity contribution is 4.81. The maximum Gasteiger partial charge on any atom is 0.0472 e. The van der Waals surface area contributed by atoms with Crippen molar-refractivity contribution >= 4 is 0 Å². The fourth-order valence-electron chi connectivity index (χ4n) is 1.16. The Kier molecular flexibility index (Phi) is 4.58. The summed E-state index contributed by atoms with van der Waals surface area (Å²) in [6.45, 7) is 1.95. The Labute approximate surface area is 74.1 Å². The van der Waals surface area contributed by atoms with Gasteiger partial charge in [0, 0.05) is 32.9 Å². The summed E-state index contributed by atoms with van der Waals surface area (Å²) < 4.78 is 4.96. The van der Waals surface area contributed by atoms with E-state index in [1.165, 1.54) is 12.8 Å². The van der Waals surface area contributed by atoms with Crippen molar-refractivity contribution in [3.63, 3.8) is 0 Å². The molecule has 1 aliphatic rings. The molecular formula is C9H19NO2. The molecule has 0 aromatic rings. The quantitative estimate of drug-likeness (QED) is 0.585. The second kappa shape index (κ2) is 5.51. The molecule has 0 bridgehead atoms. The van der Waals surface area contributed by atoms with E-state index in [0.29, 0.717) is 5.92 Å². The molecule has 0 spiro atoms. The summed E-state index contributed by atoms with van der Waals surface area (Å²) in [5.74, 6) is 0.366. The van der Waals surface area contributed by atoms with Crippen molar-refractivity contribution in [1.29, 1.82) is 0 Å².